The van der Waals surface area contributed by atoms with Gasteiger partial charge < -0.3 is 5.11 Å². The third-order valence-electron chi connectivity index (χ3n) is 4.10. The molecule has 1 aromatic rings. The Labute approximate surface area is 118 Å². The quantitative estimate of drug-likeness (QED) is 0.917. The van der Waals surface area contributed by atoms with Gasteiger partial charge in [-0.3, -0.25) is 0 Å². The van der Waals surface area contributed by atoms with Crippen LogP contribution in [0.2, 0.25) is 0 Å². The maximum absolute atomic E-state index is 10.5. The normalized spacial score (nSPS) is 32.4. The molecule has 3 rings (SSSR count). The molecule has 3 heteroatoms. The van der Waals surface area contributed by atoms with Gasteiger partial charge in [-0.05, 0) is 29.9 Å². The van der Waals surface area contributed by atoms with Crippen molar-refractivity contribution >= 4 is 23.5 Å². The molecule has 1 heterocycles. The van der Waals surface area contributed by atoms with Gasteiger partial charge in [-0.15, -0.1) is 0 Å². The lowest BCUT2D eigenvalue weighted by atomic mass is 9.74. The van der Waals surface area contributed by atoms with Crippen molar-refractivity contribution in [3.8, 4) is 0 Å². The molecular weight excluding hydrogens is 260 g/mol. The van der Waals surface area contributed by atoms with Crippen molar-refractivity contribution in [2.75, 3.05) is 11.5 Å². The number of rotatable bonds is 3. The second-order valence-electron chi connectivity index (χ2n) is 5.31. The molecule has 2 aliphatic rings. The Morgan fingerprint density at radius 3 is 2.83 bits per heavy atom. The standard InChI is InChI=1S/C15H20OS2/c1-10-15(18-7-6-17-10)14(16)9-12-8-11-4-2-3-5-13(11)12/h2-5,10,12,14-16H,6-9H2,1H3. The third-order valence-corrected chi connectivity index (χ3v) is 7.34. The number of fused-ring (bicyclic) bond motifs is 1. The molecule has 0 bridgehead atoms. The molecule has 1 nitrogen and oxygen atoms in total. The van der Waals surface area contributed by atoms with Gasteiger partial charge in [0.05, 0.1) is 6.10 Å². The van der Waals surface area contributed by atoms with Crippen LogP contribution in [0.15, 0.2) is 24.3 Å². The van der Waals surface area contributed by atoms with Gasteiger partial charge in [-0.2, -0.15) is 23.5 Å². The summed E-state index contributed by atoms with van der Waals surface area (Å²) in [7, 11) is 0. The van der Waals surface area contributed by atoms with Crippen LogP contribution in [0.25, 0.3) is 0 Å². The van der Waals surface area contributed by atoms with Gasteiger partial charge in [-0.25, -0.2) is 0 Å². The van der Waals surface area contributed by atoms with E-state index in [4.69, 9.17) is 0 Å². The minimum absolute atomic E-state index is 0.142. The number of thioether (sulfide) groups is 2. The highest BCUT2D eigenvalue weighted by atomic mass is 32.2. The SMILES string of the molecule is CC1SCCSC1C(O)CC1Cc2ccccc21. The maximum Gasteiger partial charge on any atom is 0.0675 e. The van der Waals surface area contributed by atoms with Crippen LogP contribution in [0.5, 0.6) is 0 Å². The Hall–Kier alpha value is -0.120. The third kappa shape index (κ3) is 2.45. The molecule has 1 saturated heterocycles. The van der Waals surface area contributed by atoms with Crippen LogP contribution in [0.4, 0.5) is 0 Å². The van der Waals surface area contributed by atoms with Crippen molar-refractivity contribution in [3.05, 3.63) is 35.4 Å². The molecule has 18 heavy (non-hydrogen) atoms. The molecule has 4 unspecified atom stereocenters. The van der Waals surface area contributed by atoms with Crippen LogP contribution in [-0.2, 0) is 6.42 Å². The number of benzene rings is 1. The lowest BCUT2D eigenvalue weighted by molar-refractivity contribution is 0.148. The van der Waals surface area contributed by atoms with E-state index in [2.05, 4.69) is 31.2 Å². The highest BCUT2D eigenvalue weighted by Crippen LogP contribution is 2.41. The Morgan fingerprint density at radius 2 is 2.06 bits per heavy atom. The van der Waals surface area contributed by atoms with Crippen LogP contribution in [0.3, 0.4) is 0 Å². The molecule has 0 spiro atoms. The fourth-order valence-electron chi connectivity index (χ4n) is 3.07. The van der Waals surface area contributed by atoms with Crippen molar-refractivity contribution < 1.29 is 5.11 Å². The van der Waals surface area contributed by atoms with Gasteiger partial charge in [-0.1, -0.05) is 31.2 Å². The summed E-state index contributed by atoms with van der Waals surface area (Å²) in [6, 6.07) is 8.67. The minimum atomic E-state index is -0.142. The molecule has 4 atom stereocenters. The van der Waals surface area contributed by atoms with Crippen molar-refractivity contribution in [2.45, 2.75) is 42.3 Å². The topological polar surface area (TPSA) is 20.2 Å². The smallest absolute Gasteiger partial charge is 0.0675 e. The van der Waals surface area contributed by atoms with E-state index >= 15 is 0 Å². The van der Waals surface area contributed by atoms with E-state index in [1.807, 2.05) is 23.5 Å². The van der Waals surface area contributed by atoms with Crippen molar-refractivity contribution in [3.63, 3.8) is 0 Å². The Bertz CT molecular complexity index is 421. The summed E-state index contributed by atoms with van der Waals surface area (Å²) in [5.41, 5.74) is 2.95. The van der Waals surface area contributed by atoms with Crippen LogP contribution in [0.1, 0.15) is 30.4 Å². The predicted octanol–water partition coefficient (Wildman–Crippen LogP) is 3.31. The van der Waals surface area contributed by atoms with Crippen LogP contribution in [0, 0.1) is 0 Å². The summed E-state index contributed by atoms with van der Waals surface area (Å²) >= 11 is 3.98. The fraction of sp³-hybridized carbons (Fsp3) is 0.600. The lowest BCUT2D eigenvalue weighted by Gasteiger charge is -2.36. The average Bonchev–Trinajstić information content (AvgIpc) is 2.36. The van der Waals surface area contributed by atoms with Crippen molar-refractivity contribution in [1.82, 2.24) is 0 Å². The fourth-order valence-corrected chi connectivity index (χ4v) is 5.93. The monoisotopic (exact) mass is 280 g/mol. The van der Waals surface area contributed by atoms with Gasteiger partial charge in [0.15, 0.2) is 0 Å². The Morgan fingerprint density at radius 1 is 1.28 bits per heavy atom. The zero-order chi connectivity index (χ0) is 12.5. The largest absolute Gasteiger partial charge is 0.392 e. The maximum atomic E-state index is 10.5. The predicted molar refractivity (Wildman–Crippen MR) is 81.7 cm³/mol. The molecular formula is C15H20OS2. The minimum Gasteiger partial charge on any atom is -0.392 e. The number of hydrogen-bond donors (Lipinski definition) is 1. The molecule has 0 saturated carbocycles. The van der Waals surface area contributed by atoms with Gasteiger partial charge in [0.2, 0.25) is 0 Å². The molecule has 0 amide bonds. The van der Waals surface area contributed by atoms with Gasteiger partial charge in [0, 0.05) is 22.0 Å². The van der Waals surface area contributed by atoms with Crippen molar-refractivity contribution in [2.24, 2.45) is 0 Å². The Kier molecular flexibility index (Phi) is 3.92. The summed E-state index contributed by atoms with van der Waals surface area (Å²) in [6.07, 6.45) is 1.96. The number of aliphatic hydroxyl groups excluding tert-OH is 1. The van der Waals surface area contributed by atoms with E-state index in [0.717, 1.165) is 12.8 Å². The average molecular weight is 280 g/mol. The molecule has 0 aromatic heterocycles. The molecule has 98 valence electrons. The summed E-state index contributed by atoms with van der Waals surface area (Å²) in [5.74, 6) is 3.02. The van der Waals surface area contributed by atoms with E-state index in [1.165, 1.54) is 22.6 Å². The van der Waals surface area contributed by atoms with E-state index < -0.39 is 0 Å². The number of aliphatic hydroxyl groups is 1. The van der Waals surface area contributed by atoms with E-state index in [1.54, 1.807) is 0 Å². The second kappa shape index (κ2) is 5.48. The molecule has 0 radical (unpaired) electrons. The molecule has 1 fully saturated rings. The van der Waals surface area contributed by atoms with Crippen LogP contribution >= 0.6 is 23.5 Å². The van der Waals surface area contributed by atoms with Gasteiger partial charge in [0.25, 0.3) is 0 Å². The van der Waals surface area contributed by atoms with Gasteiger partial charge in [0.1, 0.15) is 0 Å². The summed E-state index contributed by atoms with van der Waals surface area (Å²) in [5, 5.41) is 11.5. The Balaban J connectivity index is 1.61. The van der Waals surface area contributed by atoms with E-state index in [0.29, 0.717) is 16.4 Å². The van der Waals surface area contributed by atoms with Crippen LogP contribution in [-0.4, -0.2) is 33.2 Å². The highest BCUT2D eigenvalue weighted by Gasteiger charge is 2.34. The second-order valence-corrected chi connectivity index (χ2v) is 8.09. The summed E-state index contributed by atoms with van der Waals surface area (Å²) in [4.78, 5) is 0. The summed E-state index contributed by atoms with van der Waals surface area (Å²) in [6.45, 7) is 2.26. The zero-order valence-electron chi connectivity index (χ0n) is 10.7. The first-order valence-corrected chi connectivity index (χ1v) is 8.84. The highest BCUT2D eigenvalue weighted by molar-refractivity contribution is 8.07. The zero-order valence-corrected chi connectivity index (χ0v) is 12.3. The van der Waals surface area contributed by atoms with Crippen molar-refractivity contribution in [1.29, 1.82) is 0 Å². The van der Waals surface area contributed by atoms with E-state index in [9.17, 15) is 5.11 Å². The van der Waals surface area contributed by atoms with E-state index in [-0.39, 0.29) is 6.10 Å². The first kappa shape index (κ1) is 12.9. The summed E-state index contributed by atoms with van der Waals surface area (Å²) < 4.78 is 0. The molecule has 1 aliphatic carbocycles. The van der Waals surface area contributed by atoms with Crippen LogP contribution < -0.4 is 0 Å². The molecule has 1 N–H and O–H groups in total. The molecule has 1 aromatic carbocycles. The lowest BCUT2D eigenvalue weighted by Crippen LogP contribution is -2.37. The first-order valence-electron chi connectivity index (χ1n) is 6.75. The number of hydrogen-bond acceptors (Lipinski definition) is 3. The van der Waals surface area contributed by atoms with Gasteiger partial charge >= 0.3 is 0 Å². The first-order chi connectivity index (χ1) is 8.75. The molecule has 1 aliphatic heterocycles.